The van der Waals surface area contributed by atoms with E-state index in [0.29, 0.717) is 11.5 Å². The zero-order valence-corrected chi connectivity index (χ0v) is 16.0. The van der Waals surface area contributed by atoms with Crippen LogP contribution in [0, 0.1) is 0 Å². The van der Waals surface area contributed by atoms with Gasteiger partial charge in [-0.25, -0.2) is 9.59 Å². The molecule has 0 unspecified atom stereocenters. The molecule has 0 atom stereocenters. The number of esters is 2. The van der Waals surface area contributed by atoms with Crippen LogP contribution in [0.1, 0.15) is 42.9 Å². The predicted molar refractivity (Wildman–Crippen MR) is 99.8 cm³/mol. The van der Waals surface area contributed by atoms with Crippen molar-refractivity contribution in [1.29, 1.82) is 0 Å². The fourth-order valence-electron chi connectivity index (χ4n) is 2.59. The second-order valence-electron chi connectivity index (χ2n) is 5.59. The predicted octanol–water partition coefficient (Wildman–Crippen LogP) is 1.95. The molecule has 28 heavy (non-hydrogen) atoms. The van der Waals surface area contributed by atoms with Gasteiger partial charge in [-0.3, -0.25) is 4.79 Å². The normalized spacial score (nSPS) is 11.8. The summed E-state index contributed by atoms with van der Waals surface area (Å²) < 4.78 is 20.8. The minimum absolute atomic E-state index is 0.0314. The number of rotatable bonds is 6. The molecule has 0 bridgehead atoms. The van der Waals surface area contributed by atoms with Crippen molar-refractivity contribution in [2.45, 2.75) is 13.5 Å². The first kappa shape index (κ1) is 19.5. The minimum atomic E-state index is -0.680. The summed E-state index contributed by atoms with van der Waals surface area (Å²) in [5.74, 6) is -0.802. The first-order valence-electron chi connectivity index (χ1n) is 8.33. The topological polar surface area (TPSA) is 126 Å². The van der Waals surface area contributed by atoms with Crippen molar-refractivity contribution in [2.75, 3.05) is 26.2 Å². The quantitative estimate of drug-likeness (QED) is 0.697. The van der Waals surface area contributed by atoms with Crippen LogP contribution in [0.25, 0.3) is 0 Å². The van der Waals surface area contributed by atoms with Crippen molar-refractivity contribution >= 4 is 34.2 Å². The Morgan fingerprint density at radius 1 is 1.18 bits per heavy atom. The molecule has 1 aromatic carbocycles. The average Bonchev–Trinajstić information content (AvgIpc) is 3.28. The number of benzene rings is 1. The number of ether oxygens (including phenoxy) is 4. The third kappa shape index (κ3) is 3.72. The van der Waals surface area contributed by atoms with E-state index in [2.05, 4.69) is 5.32 Å². The van der Waals surface area contributed by atoms with Crippen molar-refractivity contribution in [3.8, 4) is 11.5 Å². The van der Waals surface area contributed by atoms with E-state index in [1.165, 1.54) is 19.2 Å². The lowest BCUT2D eigenvalue weighted by Gasteiger charge is -2.09. The molecule has 10 heteroatoms. The van der Waals surface area contributed by atoms with E-state index >= 15 is 0 Å². The summed E-state index contributed by atoms with van der Waals surface area (Å²) in [6.45, 7) is 1.55. The van der Waals surface area contributed by atoms with Gasteiger partial charge in [-0.05, 0) is 25.1 Å². The van der Waals surface area contributed by atoms with E-state index in [4.69, 9.17) is 24.7 Å². The van der Waals surface area contributed by atoms with Crippen molar-refractivity contribution < 1.29 is 33.3 Å². The number of anilines is 1. The highest BCUT2D eigenvalue weighted by Gasteiger charge is 2.28. The molecular formula is C18H18N2O7S. The standard InChI is InChI=1S/C18H18N2O7S/c1-3-24-18(23)13-10(14(16(21)20-2)28-15(13)19)7-25-17(22)9-4-5-11-12(6-9)27-8-26-11/h4-6H,3,7-8,19H2,1-2H3,(H,20,21). The van der Waals surface area contributed by atoms with Crippen molar-refractivity contribution in [3.05, 3.63) is 39.8 Å². The van der Waals surface area contributed by atoms with E-state index in [-0.39, 0.29) is 46.6 Å². The molecule has 1 aliphatic heterocycles. The van der Waals surface area contributed by atoms with Crippen LogP contribution in [0.15, 0.2) is 18.2 Å². The minimum Gasteiger partial charge on any atom is -0.462 e. The number of nitrogens with two attached hydrogens (primary N) is 1. The highest BCUT2D eigenvalue weighted by atomic mass is 32.1. The van der Waals surface area contributed by atoms with Crippen LogP contribution in [0.5, 0.6) is 11.5 Å². The highest BCUT2D eigenvalue weighted by Crippen LogP contribution is 2.34. The Labute approximate surface area is 164 Å². The number of nitrogen functional groups attached to an aromatic ring is 1. The molecule has 3 rings (SSSR count). The Hall–Kier alpha value is -3.27. The zero-order chi connectivity index (χ0) is 20.3. The lowest BCUT2D eigenvalue weighted by atomic mass is 10.1. The Morgan fingerprint density at radius 3 is 2.64 bits per heavy atom. The Kier molecular flexibility index (Phi) is 5.69. The van der Waals surface area contributed by atoms with Gasteiger partial charge in [0, 0.05) is 12.6 Å². The summed E-state index contributed by atoms with van der Waals surface area (Å²) in [7, 11) is 1.45. The van der Waals surface area contributed by atoms with Crippen LogP contribution < -0.4 is 20.5 Å². The summed E-state index contributed by atoms with van der Waals surface area (Å²) >= 11 is 0.929. The van der Waals surface area contributed by atoms with Gasteiger partial charge < -0.3 is 30.0 Å². The summed E-state index contributed by atoms with van der Waals surface area (Å²) in [5, 5.41) is 2.59. The molecule has 0 aliphatic carbocycles. The summed E-state index contributed by atoms with van der Waals surface area (Å²) in [5.41, 5.74) is 6.39. The van der Waals surface area contributed by atoms with Crippen LogP contribution in [0.4, 0.5) is 5.00 Å². The van der Waals surface area contributed by atoms with Gasteiger partial charge in [-0.2, -0.15) is 0 Å². The first-order valence-corrected chi connectivity index (χ1v) is 9.15. The lowest BCUT2D eigenvalue weighted by Crippen LogP contribution is -2.19. The average molecular weight is 406 g/mol. The number of fused-ring (bicyclic) bond motifs is 1. The molecule has 148 valence electrons. The van der Waals surface area contributed by atoms with Gasteiger partial charge in [0.1, 0.15) is 22.0 Å². The van der Waals surface area contributed by atoms with Crippen LogP contribution >= 0.6 is 11.3 Å². The van der Waals surface area contributed by atoms with Crippen LogP contribution in [0.3, 0.4) is 0 Å². The number of thiophene rings is 1. The number of amides is 1. The van der Waals surface area contributed by atoms with E-state index in [0.717, 1.165) is 11.3 Å². The van der Waals surface area contributed by atoms with Gasteiger partial charge in [0.25, 0.3) is 5.91 Å². The third-order valence-corrected chi connectivity index (χ3v) is 4.96. The molecule has 9 nitrogen and oxygen atoms in total. The number of nitrogens with one attached hydrogen (secondary N) is 1. The van der Waals surface area contributed by atoms with Gasteiger partial charge in [0.2, 0.25) is 6.79 Å². The van der Waals surface area contributed by atoms with Gasteiger partial charge in [0.05, 0.1) is 12.2 Å². The lowest BCUT2D eigenvalue weighted by molar-refractivity contribution is 0.0449. The molecule has 3 N–H and O–H groups in total. The highest BCUT2D eigenvalue weighted by molar-refractivity contribution is 7.18. The molecule has 0 spiro atoms. The summed E-state index contributed by atoms with van der Waals surface area (Å²) in [4.78, 5) is 37.0. The van der Waals surface area contributed by atoms with Gasteiger partial charge in [-0.15, -0.1) is 11.3 Å². The van der Waals surface area contributed by atoms with Crippen molar-refractivity contribution in [2.24, 2.45) is 0 Å². The Balaban J connectivity index is 1.85. The fraction of sp³-hybridized carbons (Fsp3) is 0.278. The SMILES string of the molecule is CCOC(=O)c1c(N)sc(C(=O)NC)c1COC(=O)c1ccc2c(c1)OCO2. The fourth-order valence-corrected chi connectivity index (χ4v) is 3.60. The molecule has 0 fully saturated rings. The smallest absolute Gasteiger partial charge is 0.341 e. The number of carbonyl (C=O) groups excluding carboxylic acids is 3. The number of hydrogen-bond donors (Lipinski definition) is 2. The largest absolute Gasteiger partial charge is 0.462 e. The molecule has 1 aromatic heterocycles. The summed E-state index contributed by atoms with van der Waals surface area (Å²) in [6.07, 6.45) is 0. The molecule has 2 heterocycles. The van der Waals surface area contributed by atoms with Gasteiger partial charge in [0.15, 0.2) is 11.5 Å². The van der Waals surface area contributed by atoms with Gasteiger partial charge in [-0.1, -0.05) is 0 Å². The maximum absolute atomic E-state index is 12.4. The van der Waals surface area contributed by atoms with Crippen LogP contribution in [-0.2, 0) is 16.1 Å². The van der Waals surface area contributed by atoms with Crippen molar-refractivity contribution in [1.82, 2.24) is 5.32 Å². The molecule has 0 saturated carbocycles. The van der Waals surface area contributed by atoms with E-state index in [1.54, 1.807) is 13.0 Å². The van der Waals surface area contributed by atoms with Crippen molar-refractivity contribution in [3.63, 3.8) is 0 Å². The first-order chi connectivity index (χ1) is 13.5. The van der Waals surface area contributed by atoms with E-state index in [9.17, 15) is 14.4 Å². The Bertz CT molecular complexity index is 938. The second-order valence-corrected chi connectivity index (χ2v) is 6.64. The molecule has 0 saturated heterocycles. The third-order valence-electron chi connectivity index (χ3n) is 3.90. The van der Waals surface area contributed by atoms with Gasteiger partial charge >= 0.3 is 11.9 Å². The van der Waals surface area contributed by atoms with E-state index in [1.807, 2.05) is 0 Å². The molecule has 2 aromatic rings. The molecule has 1 aliphatic rings. The number of hydrogen-bond acceptors (Lipinski definition) is 9. The van der Waals surface area contributed by atoms with E-state index < -0.39 is 17.8 Å². The van der Waals surface area contributed by atoms with Crippen LogP contribution in [-0.4, -0.2) is 38.3 Å². The Morgan fingerprint density at radius 2 is 1.93 bits per heavy atom. The maximum Gasteiger partial charge on any atom is 0.341 e. The second kappa shape index (κ2) is 8.17. The van der Waals surface area contributed by atoms with Crippen LogP contribution in [0.2, 0.25) is 0 Å². The monoisotopic (exact) mass is 406 g/mol. The summed E-state index contributed by atoms with van der Waals surface area (Å²) in [6, 6.07) is 4.63. The molecular weight excluding hydrogens is 388 g/mol. The zero-order valence-electron chi connectivity index (χ0n) is 15.2. The molecule has 0 radical (unpaired) electrons. The molecule has 1 amide bonds. The number of carbonyl (C=O) groups is 3. The maximum atomic E-state index is 12.4.